The fourth-order valence-corrected chi connectivity index (χ4v) is 5.87. The Kier molecular flexibility index (Phi) is 8.99. The lowest BCUT2D eigenvalue weighted by Crippen LogP contribution is -2.39. The van der Waals surface area contributed by atoms with Crippen LogP contribution in [0.2, 0.25) is 0 Å². The number of nitrogens with zero attached hydrogens (tertiary/aromatic N) is 3. The van der Waals surface area contributed by atoms with Gasteiger partial charge in [0.1, 0.15) is 11.6 Å². The number of aliphatic hydroxyl groups excluding tert-OH is 1. The minimum absolute atomic E-state index is 0.178. The molecule has 0 aliphatic carbocycles. The number of allylic oxidation sites excluding steroid dienone is 1. The van der Waals surface area contributed by atoms with Crippen molar-refractivity contribution in [3.63, 3.8) is 0 Å². The number of benzene rings is 1. The maximum atomic E-state index is 13.7. The van der Waals surface area contributed by atoms with Crippen molar-refractivity contribution in [1.29, 1.82) is 0 Å². The highest BCUT2D eigenvalue weighted by molar-refractivity contribution is 7.92. The molecule has 218 valence electrons. The number of hydrogen-bond acceptors (Lipinski definition) is 7. The van der Waals surface area contributed by atoms with Gasteiger partial charge in [0.2, 0.25) is 10.0 Å². The summed E-state index contributed by atoms with van der Waals surface area (Å²) < 4.78 is 54.3. The van der Waals surface area contributed by atoms with Gasteiger partial charge in [0, 0.05) is 39.0 Å². The highest BCUT2D eigenvalue weighted by atomic mass is 32.2. The fraction of sp³-hybridized carbons (Fsp3) is 0.500. The number of aryl methyl sites for hydroxylation is 1. The van der Waals surface area contributed by atoms with Crippen LogP contribution in [-0.4, -0.2) is 68.9 Å². The summed E-state index contributed by atoms with van der Waals surface area (Å²) in [6.07, 6.45) is 1.18. The quantitative estimate of drug-likeness (QED) is 0.395. The Bertz CT molecular complexity index is 1370. The van der Waals surface area contributed by atoms with E-state index in [2.05, 4.69) is 33.8 Å². The second kappa shape index (κ2) is 12.1. The maximum Gasteiger partial charge on any atom is 0.258 e. The normalized spacial score (nSPS) is 17.5. The van der Waals surface area contributed by atoms with Gasteiger partial charge >= 0.3 is 0 Å². The average Bonchev–Trinajstić information content (AvgIpc) is 2.88. The molecule has 0 spiro atoms. The van der Waals surface area contributed by atoms with Gasteiger partial charge in [-0.15, -0.1) is 0 Å². The van der Waals surface area contributed by atoms with Gasteiger partial charge in [0.15, 0.2) is 0 Å². The van der Waals surface area contributed by atoms with Crippen molar-refractivity contribution >= 4 is 38.9 Å². The third-order valence-corrected chi connectivity index (χ3v) is 8.57. The molecule has 0 atom stereocenters. The average molecular weight is 578 g/mol. The molecule has 0 unspecified atom stereocenters. The molecule has 2 fully saturated rings. The number of alkyl halides is 2. The molecule has 2 saturated heterocycles. The van der Waals surface area contributed by atoms with Crippen LogP contribution in [0.3, 0.4) is 0 Å². The first-order valence-corrected chi connectivity index (χ1v) is 15.1. The zero-order valence-corrected chi connectivity index (χ0v) is 24.0. The van der Waals surface area contributed by atoms with Crippen LogP contribution in [0, 0.1) is 6.92 Å². The predicted octanol–water partition coefficient (Wildman–Crippen LogP) is 4.55. The largest absolute Gasteiger partial charge is 0.395 e. The summed E-state index contributed by atoms with van der Waals surface area (Å²) in [5.41, 5.74) is 4.72. The number of nitrogens with one attached hydrogen (secondary N) is 2. The zero-order chi connectivity index (χ0) is 29.1. The Morgan fingerprint density at radius 3 is 2.35 bits per heavy atom. The second-order valence-corrected chi connectivity index (χ2v) is 12.5. The number of anilines is 4. The molecular weight excluding hydrogens is 540 g/mol. The summed E-state index contributed by atoms with van der Waals surface area (Å²) >= 11 is 0. The molecule has 1 amide bonds. The van der Waals surface area contributed by atoms with Crippen molar-refractivity contribution in [3.8, 4) is 0 Å². The van der Waals surface area contributed by atoms with E-state index in [0.29, 0.717) is 41.7 Å². The maximum absolute atomic E-state index is 13.7. The molecule has 3 heterocycles. The Balaban J connectivity index is 1.60. The molecule has 2 aliphatic heterocycles. The third kappa shape index (κ3) is 7.48. The van der Waals surface area contributed by atoms with Gasteiger partial charge in [-0.1, -0.05) is 11.1 Å². The summed E-state index contributed by atoms with van der Waals surface area (Å²) in [5, 5.41) is 11.9. The fourth-order valence-electron chi connectivity index (χ4n) is 5.04. The predicted molar refractivity (Wildman–Crippen MR) is 154 cm³/mol. The number of pyridine rings is 1. The molecule has 2 aliphatic rings. The van der Waals surface area contributed by atoms with E-state index in [-0.39, 0.29) is 25.9 Å². The van der Waals surface area contributed by atoms with E-state index >= 15 is 0 Å². The first-order valence-electron chi connectivity index (χ1n) is 13.4. The van der Waals surface area contributed by atoms with E-state index in [1.165, 1.54) is 17.2 Å². The van der Waals surface area contributed by atoms with E-state index in [1.807, 2.05) is 13.0 Å². The standard InChI is InChI=1S/C28H37F2N5O4S/c1-19(2)21-6-10-34(11-7-21)24-18-22(33-40(38,39)15-14-36)4-5-23(24)27(37)32-25-16-20(3)17-26(31-25)35-12-8-28(29,30)9-13-35/h4-5,16-18,33,36H,6-15H2,1-3H3,(H,31,32,37). The lowest BCUT2D eigenvalue weighted by atomic mass is 9.98. The SMILES string of the molecule is CC(C)=C1CCN(c2cc(NS(=O)(=O)CCO)ccc2C(=O)Nc2cc(C)cc(N3CCC(F)(F)CC3)n2)CC1. The number of aromatic nitrogens is 1. The van der Waals surface area contributed by atoms with E-state index in [1.54, 1.807) is 23.1 Å². The van der Waals surface area contributed by atoms with Crippen molar-refractivity contribution in [1.82, 2.24) is 4.98 Å². The third-order valence-electron chi connectivity index (χ3n) is 7.31. The molecule has 2 aromatic rings. The van der Waals surface area contributed by atoms with Crippen LogP contribution < -0.4 is 19.8 Å². The summed E-state index contributed by atoms with van der Waals surface area (Å²) in [4.78, 5) is 22.0. The van der Waals surface area contributed by atoms with E-state index in [4.69, 9.17) is 5.11 Å². The Morgan fingerprint density at radius 1 is 1.05 bits per heavy atom. The summed E-state index contributed by atoms with van der Waals surface area (Å²) in [6.45, 7) is 7.20. The van der Waals surface area contributed by atoms with Gasteiger partial charge in [0.25, 0.3) is 11.8 Å². The molecule has 3 N–H and O–H groups in total. The minimum Gasteiger partial charge on any atom is -0.395 e. The van der Waals surface area contributed by atoms with Crippen LogP contribution in [0.15, 0.2) is 41.5 Å². The lowest BCUT2D eigenvalue weighted by Gasteiger charge is -2.33. The zero-order valence-electron chi connectivity index (χ0n) is 23.1. The topological polar surface area (TPSA) is 115 Å². The molecule has 4 rings (SSSR count). The van der Waals surface area contributed by atoms with Gasteiger partial charge in [0.05, 0.1) is 29.3 Å². The Morgan fingerprint density at radius 2 is 1.73 bits per heavy atom. The number of halogens is 2. The summed E-state index contributed by atoms with van der Waals surface area (Å²) in [6, 6.07) is 8.26. The van der Waals surface area contributed by atoms with Crippen LogP contribution in [0.1, 0.15) is 55.5 Å². The molecule has 9 nitrogen and oxygen atoms in total. The van der Waals surface area contributed by atoms with Crippen molar-refractivity contribution < 1.29 is 27.1 Å². The number of carbonyl (C=O) groups excluding carboxylic acids is 1. The molecule has 12 heteroatoms. The Labute approximate surface area is 234 Å². The van der Waals surface area contributed by atoms with Gasteiger partial charge < -0.3 is 20.2 Å². The number of aliphatic hydroxyl groups is 1. The van der Waals surface area contributed by atoms with Gasteiger partial charge in [-0.2, -0.15) is 0 Å². The van der Waals surface area contributed by atoms with Crippen molar-refractivity contribution in [3.05, 3.63) is 52.6 Å². The number of amides is 1. The smallest absolute Gasteiger partial charge is 0.258 e. The first-order chi connectivity index (χ1) is 18.9. The Hall–Kier alpha value is -3.25. The molecule has 40 heavy (non-hydrogen) atoms. The van der Waals surface area contributed by atoms with Crippen molar-refractivity contribution in [2.75, 3.05) is 58.4 Å². The summed E-state index contributed by atoms with van der Waals surface area (Å²) in [5.74, 6) is -2.69. The highest BCUT2D eigenvalue weighted by Gasteiger charge is 2.34. The van der Waals surface area contributed by atoms with Crippen LogP contribution in [0.25, 0.3) is 0 Å². The van der Waals surface area contributed by atoms with E-state index < -0.39 is 34.2 Å². The van der Waals surface area contributed by atoms with Crippen LogP contribution in [-0.2, 0) is 10.0 Å². The van der Waals surface area contributed by atoms with Gasteiger partial charge in [-0.05, 0) is 69.5 Å². The molecule has 0 saturated carbocycles. The van der Waals surface area contributed by atoms with Gasteiger partial charge in [-0.3, -0.25) is 9.52 Å². The lowest BCUT2D eigenvalue weighted by molar-refractivity contribution is -0.0221. The molecule has 1 aromatic heterocycles. The molecule has 0 radical (unpaired) electrons. The highest BCUT2D eigenvalue weighted by Crippen LogP contribution is 2.33. The van der Waals surface area contributed by atoms with Crippen molar-refractivity contribution in [2.45, 2.75) is 52.4 Å². The molecule has 1 aromatic carbocycles. The first kappa shape index (κ1) is 29.7. The van der Waals surface area contributed by atoms with E-state index in [0.717, 1.165) is 18.4 Å². The number of piperidine rings is 2. The number of hydrogen-bond donors (Lipinski definition) is 3. The number of carbonyl (C=O) groups is 1. The molecule has 0 bridgehead atoms. The van der Waals surface area contributed by atoms with Crippen molar-refractivity contribution in [2.24, 2.45) is 0 Å². The van der Waals surface area contributed by atoms with Crippen LogP contribution in [0.5, 0.6) is 0 Å². The second-order valence-electron chi connectivity index (χ2n) is 10.7. The van der Waals surface area contributed by atoms with Gasteiger partial charge in [-0.25, -0.2) is 22.2 Å². The summed E-state index contributed by atoms with van der Waals surface area (Å²) in [7, 11) is -3.75. The molecular formula is C28H37F2N5O4S. The monoisotopic (exact) mass is 577 g/mol. The van der Waals surface area contributed by atoms with Crippen LogP contribution in [0.4, 0.5) is 31.8 Å². The number of sulfonamides is 1. The van der Waals surface area contributed by atoms with E-state index in [9.17, 15) is 22.0 Å². The minimum atomic E-state index is -3.75. The van der Waals surface area contributed by atoms with Crippen LogP contribution >= 0.6 is 0 Å². The number of rotatable bonds is 8.